The minimum atomic E-state index is 0.00507. The maximum atomic E-state index is 13.0. The van der Waals surface area contributed by atoms with Gasteiger partial charge in [0, 0.05) is 36.7 Å². The number of nitrogens with zero attached hydrogens (tertiary/aromatic N) is 2. The molecule has 0 bridgehead atoms. The Bertz CT molecular complexity index is 905. The molecule has 1 N–H and O–H groups in total. The first-order chi connectivity index (χ1) is 14.5. The molecular weight excluding hydrogens is 394 g/mol. The van der Waals surface area contributed by atoms with Gasteiger partial charge in [0.05, 0.1) is 11.4 Å². The van der Waals surface area contributed by atoms with Crippen molar-refractivity contribution in [1.82, 2.24) is 9.80 Å². The molecule has 1 aliphatic carbocycles. The lowest BCUT2D eigenvalue weighted by atomic mass is 10.1. The van der Waals surface area contributed by atoms with Crippen LogP contribution in [0.15, 0.2) is 24.3 Å². The molecule has 1 saturated heterocycles. The van der Waals surface area contributed by atoms with Crippen molar-refractivity contribution in [1.29, 1.82) is 0 Å². The highest BCUT2D eigenvalue weighted by Crippen LogP contribution is 2.30. The number of rotatable bonds is 4. The minimum absolute atomic E-state index is 0.00507. The number of hydrogen-bond donors (Lipinski definition) is 1. The highest BCUT2D eigenvalue weighted by Gasteiger charge is 2.25. The third-order valence-corrected chi connectivity index (χ3v) is 7.59. The van der Waals surface area contributed by atoms with Gasteiger partial charge in [-0.25, -0.2) is 0 Å². The molecule has 2 amide bonds. The first-order valence-corrected chi connectivity index (χ1v) is 11.8. The van der Waals surface area contributed by atoms with E-state index in [2.05, 4.69) is 16.3 Å². The van der Waals surface area contributed by atoms with E-state index in [-0.39, 0.29) is 11.8 Å². The van der Waals surface area contributed by atoms with Gasteiger partial charge in [-0.3, -0.25) is 14.5 Å². The van der Waals surface area contributed by atoms with Crippen molar-refractivity contribution in [3.05, 3.63) is 50.7 Å². The van der Waals surface area contributed by atoms with Crippen molar-refractivity contribution in [2.24, 2.45) is 0 Å². The lowest BCUT2D eigenvalue weighted by molar-refractivity contribution is -0.117. The molecule has 2 aliphatic rings. The van der Waals surface area contributed by atoms with Gasteiger partial charge in [-0.15, -0.1) is 11.3 Å². The summed E-state index contributed by atoms with van der Waals surface area (Å²) < 4.78 is 0. The van der Waals surface area contributed by atoms with Gasteiger partial charge in [0.25, 0.3) is 5.91 Å². The Hall–Kier alpha value is -2.18. The van der Waals surface area contributed by atoms with Gasteiger partial charge < -0.3 is 10.2 Å². The molecule has 6 heteroatoms. The molecular formula is C24H31N3O2S. The van der Waals surface area contributed by atoms with E-state index in [1.807, 2.05) is 36.9 Å². The van der Waals surface area contributed by atoms with E-state index in [1.165, 1.54) is 35.3 Å². The summed E-state index contributed by atoms with van der Waals surface area (Å²) in [6, 6.07) is 8.09. The third-order valence-electron chi connectivity index (χ3n) is 6.36. The Labute approximate surface area is 183 Å². The van der Waals surface area contributed by atoms with E-state index in [4.69, 9.17) is 0 Å². The Balaban J connectivity index is 1.29. The summed E-state index contributed by atoms with van der Waals surface area (Å²) in [5.41, 5.74) is 4.55. The van der Waals surface area contributed by atoms with Crippen LogP contribution in [0, 0.1) is 13.8 Å². The van der Waals surface area contributed by atoms with E-state index in [1.54, 1.807) is 11.3 Å². The molecule has 5 nitrogen and oxygen atoms in total. The number of carbonyl (C=O) groups is 2. The van der Waals surface area contributed by atoms with Gasteiger partial charge in [0.1, 0.15) is 0 Å². The van der Waals surface area contributed by atoms with Crippen LogP contribution in [0.4, 0.5) is 5.69 Å². The number of fused-ring (bicyclic) bond motifs is 1. The molecule has 0 saturated carbocycles. The Kier molecular flexibility index (Phi) is 6.54. The smallest absolute Gasteiger partial charge is 0.264 e. The maximum Gasteiger partial charge on any atom is 0.264 e. The van der Waals surface area contributed by atoms with Crippen LogP contribution < -0.4 is 5.32 Å². The van der Waals surface area contributed by atoms with E-state index in [9.17, 15) is 9.59 Å². The summed E-state index contributed by atoms with van der Waals surface area (Å²) in [7, 11) is 0. The van der Waals surface area contributed by atoms with Crippen molar-refractivity contribution in [2.75, 3.05) is 38.0 Å². The number of thiophene rings is 1. The lowest BCUT2D eigenvalue weighted by Crippen LogP contribution is -2.50. The Morgan fingerprint density at radius 2 is 1.80 bits per heavy atom. The molecule has 1 fully saturated rings. The summed E-state index contributed by atoms with van der Waals surface area (Å²) in [5.74, 6) is 0.165. The van der Waals surface area contributed by atoms with Crippen LogP contribution in [0.3, 0.4) is 0 Å². The topological polar surface area (TPSA) is 52.7 Å². The quantitative estimate of drug-likeness (QED) is 0.753. The third kappa shape index (κ3) is 4.76. The largest absolute Gasteiger partial charge is 0.335 e. The van der Waals surface area contributed by atoms with E-state index in [0.717, 1.165) is 42.1 Å². The fraction of sp³-hybridized carbons (Fsp3) is 0.500. The lowest BCUT2D eigenvalue weighted by Gasteiger charge is -2.34. The zero-order valence-corrected chi connectivity index (χ0v) is 18.8. The molecule has 1 aromatic heterocycles. The van der Waals surface area contributed by atoms with Crippen molar-refractivity contribution < 1.29 is 9.59 Å². The molecule has 0 spiro atoms. The van der Waals surface area contributed by atoms with Gasteiger partial charge in [0.2, 0.25) is 5.91 Å². The summed E-state index contributed by atoms with van der Waals surface area (Å²) in [4.78, 5) is 31.9. The predicted octanol–water partition coefficient (Wildman–Crippen LogP) is 4.03. The number of anilines is 1. The number of aryl methyl sites for hydroxylation is 3. The summed E-state index contributed by atoms with van der Waals surface area (Å²) >= 11 is 1.70. The molecule has 1 aliphatic heterocycles. The van der Waals surface area contributed by atoms with Gasteiger partial charge in [-0.1, -0.05) is 18.6 Å². The maximum absolute atomic E-state index is 13.0. The zero-order valence-electron chi connectivity index (χ0n) is 18.0. The fourth-order valence-electron chi connectivity index (χ4n) is 4.32. The molecule has 0 atom stereocenters. The van der Waals surface area contributed by atoms with Gasteiger partial charge in [-0.05, 0) is 68.4 Å². The minimum Gasteiger partial charge on any atom is -0.335 e. The number of nitrogens with one attached hydrogen (secondary N) is 1. The highest BCUT2D eigenvalue weighted by atomic mass is 32.1. The molecule has 0 radical (unpaired) electrons. The predicted molar refractivity (Wildman–Crippen MR) is 122 cm³/mol. The normalized spacial score (nSPS) is 17.3. The molecule has 1 aromatic carbocycles. The standard InChI is InChI=1S/C24H31N3O2S/c1-17-7-6-9-20(18(17)2)25-23(28)16-26-11-13-27(14-12-26)24(29)22-15-19-8-4-3-5-10-21(19)30-22/h6-7,9,15H,3-5,8,10-14,16H2,1-2H3,(H,25,28). The molecule has 30 heavy (non-hydrogen) atoms. The molecule has 0 unspecified atom stereocenters. The van der Waals surface area contributed by atoms with Gasteiger partial charge >= 0.3 is 0 Å². The second kappa shape index (κ2) is 9.31. The Morgan fingerprint density at radius 1 is 1.03 bits per heavy atom. The monoisotopic (exact) mass is 425 g/mol. The second-order valence-electron chi connectivity index (χ2n) is 8.48. The van der Waals surface area contributed by atoms with E-state index in [0.29, 0.717) is 19.6 Å². The second-order valence-corrected chi connectivity index (χ2v) is 9.62. The summed E-state index contributed by atoms with van der Waals surface area (Å²) in [6.07, 6.45) is 6.01. The zero-order chi connectivity index (χ0) is 21.1. The fourth-order valence-corrected chi connectivity index (χ4v) is 5.54. The van der Waals surface area contributed by atoms with Crippen LogP contribution in [0.2, 0.25) is 0 Å². The van der Waals surface area contributed by atoms with Crippen LogP contribution in [0.1, 0.15) is 50.5 Å². The van der Waals surface area contributed by atoms with Gasteiger partial charge in [0.15, 0.2) is 0 Å². The van der Waals surface area contributed by atoms with E-state index >= 15 is 0 Å². The summed E-state index contributed by atoms with van der Waals surface area (Å²) in [6.45, 7) is 7.26. The van der Waals surface area contributed by atoms with Crippen molar-refractivity contribution in [3.63, 3.8) is 0 Å². The van der Waals surface area contributed by atoms with Crippen molar-refractivity contribution >= 4 is 28.8 Å². The van der Waals surface area contributed by atoms with Crippen molar-refractivity contribution in [2.45, 2.75) is 46.0 Å². The van der Waals surface area contributed by atoms with Crippen LogP contribution in [-0.2, 0) is 17.6 Å². The van der Waals surface area contributed by atoms with Crippen LogP contribution in [0.25, 0.3) is 0 Å². The van der Waals surface area contributed by atoms with E-state index < -0.39 is 0 Å². The first kappa shape index (κ1) is 21.1. The van der Waals surface area contributed by atoms with Crippen molar-refractivity contribution in [3.8, 4) is 0 Å². The van der Waals surface area contributed by atoms with Crippen LogP contribution >= 0.6 is 11.3 Å². The highest BCUT2D eigenvalue weighted by molar-refractivity contribution is 7.14. The summed E-state index contributed by atoms with van der Waals surface area (Å²) in [5, 5.41) is 3.03. The Morgan fingerprint density at radius 3 is 2.60 bits per heavy atom. The van der Waals surface area contributed by atoms with Crippen LogP contribution in [0.5, 0.6) is 0 Å². The first-order valence-electron chi connectivity index (χ1n) is 11.0. The number of hydrogen-bond acceptors (Lipinski definition) is 4. The van der Waals surface area contributed by atoms with Gasteiger partial charge in [-0.2, -0.15) is 0 Å². The molecule has 160 valence electrons. The number of piperazine rings is 1. The number of carbonyl (C=O) groups excluding carboxylic acids is 2. The average Bonchev–Trinajstić information content (AvgIpc) is 3.02. The average molecular weight is 426 g/mol. The number of amides is 2. The molecule has 4 rings (SSSR count). The number of benzene rings is 1. The van der Waals surface area contributed by atoms with Crippen LogP contribution in [-0.4, -0.2) is 54.3 Å². The molecule has 2 aromatic rings. The molecule has 2 heterocycles. The SMILES string of the molecule is Cc1cccc(NC(=O)CN2CCN(C(=O)c3cc4c(s3)CCCCC4)CC2)c1C.